The van der Waals surface area contributed by atoms with Crippen molar-refractivity contribution in [3.8, 4) is 0 Å². The van der Waals surface area contributed by atoms with Crippen LogP contribution in [0.3, 0.4) is 0 Å². The Hall–Kier alpha value is -0.510. The number of para-hydroxylation sites is 1. The molecule has 0 amide bonds. The van der Waals surface area contributed by atoms with Gasteiger partial charge in [0.1, 0.15) is 5.82 Å². The van der Waals surface area contributed by atoms with E-state index in [0.29, 0.717) is 30.5 Å². The number of nitrogens with zero attached hydrogens (tertiary/aromatic N) is 1. The monoisotopic (exact) mass is 250 g/mol. The second-order valence-electron chi connectivity index (χ2n) is 2.96. The second-order valence-corrected chi connectivity index (χ2v) is 3.71. The van der Waals surface area contributed by atoms with E-state index in [4.69, 9.17) is 23.2 Å². The predicted octanol–water partition coefficient (Wildman–Crippen LogP) is 2.93. The molecule has 0 aliphatic heterocycles. The van der Waals surface area contributed by atoms with E-state index < -0.39 is 0 Å². The average molecular weight is 251 g/mol. The fourth-order valence-corrected chi connectivity index (χ4v) is 1.56. The molecule has 0 radical (unpaired) electrons. The standard InChI is InChI=1S/C10H13Cl2FN2/c11-5-7-15(8-6-12)14-10-4-2-1-3-9(10)13/h1-4,14H,5-8H2. The Kier molecular flexibility index (Phi) is 5.76. The Balaban J connectivity index is 2.60. The van der Waals surface area contributed by atoms with Crippen LogP contribution in [-0.4, -0.2) is 29.9 Å². The molecule has 0 aliphatic carbocycles. The molecular weight excluding hydrogens is 238 g/mol. The number of benzene rings is 1. The first-order valence-corrected chi connectivity index (χ1v) is 5.73. The third kappa shape index (κ3) is 4.24. The number of hydrogen-bond acceptors (Lipinski definition) is 2. The maximum absolute atomic E-state index is 13.3. The lowest BCUT2D eigenvalue weighted by Gasteiger charge is -2.22. The highest BCUT2D eigenvalue weighted by molar-refractivity contribution is 6.18. The molecule has 5 heteroatoms. The Morgan fingerprint density at radius 1 is 1.13 bits per heavy atom. The van der Waals surface area contributed by atoms with Gasteiger partial charge >= 0.3 is 0 Å². The van der Waals surface area contributed by atoms with Crippen LogP contribution in [-0.2, 0) is 0 Å². The molecule has 84 valence electrons. The Labute approximate surface area is 98.9 Å². The summed E-state index contributed by atoms with van der Waals surface area (Å²) in [5.41, 5.74) is 3.38. The first kappa shape index (κ1) is 12.6. The van der Waals surface area contributed by atoms with Crippen LogP contribution < -0.4 is 5.43 Å². The van der Waals surface area contributed by atoms with E-state index in [2.05, 4.69) is 5.43 Å². The van der Waals surface area contributed by atoms with Crippen molar-refractivity contribution in [1.82, 2.24) is 5.01 Å². The fourth-order valence-electron chi connectivity index (χ4n) is 1.15. The van der Waals surface area contributed by atoms with Crippen LogP contribution in [0.15, 0.2) is 24.3 Å². The van der Waals surface area contributed by atoms with E-state index in [1.54, 1.807) is 23.2 Å². The number of hydrogen-bond donors (Lipinski definition) is 1. The van der Waals surface area contributed by atoms with Crippen LogP contribution in [0.25, 0.3) is 0 Å². The van der Waals surface area contributed by atoms with Gasteiger partial charge in [-0.25, -0.2) is 9.40 Å². The molecule has 0 spiro atoms. The summed E-state index contributed by atoms with van der Waals surface area (Å²) in [6.07, 6.45) is 0. The minimum absolute atomic E-state index is 0.286. The van der Waals surface area contributed by atoms with E-state index in [1.165, 1.54) is 6.07 Å². The molecule has 0 bridgehead atoms. The van der Waals surface area contributed by atoms with Gasteiger partial charge in [-0.05, 0) is 12.1 Å². The Morgan fingerprint density at radius 3 is 2.27 bits per heavy atom. The Bertz CT molecular complexity index is 291. The van der Waals surface area contributed by atoms with Gasteiger partial charge in [-0.3, -0.25) is 0 Å². The smallest absolute Gasteiger partial charge is 0.147 e. The molecule has 0 unspecified atom stereocenters. The third-order valence-electron chi connectivity index (χ3n) is 1.86. The van der Waals surface area contributed by atoms with Gasteiger partial charge in [0.2, 0.25) is 0 Å². The molecule has 1 N–H and O–H groups in total. The van der Waals surface area contributed by atoms with Gasteiger partial charge in [-0.1, -0.05) is 12.1 Å². The molecule has 0 atom stereocenters. The van der Waals surface area contributed by atoms with Crippen molar-refractivity contribution in [2.75, 3.05) is 30.3 Å². The lowest BCUT2D eigenvalue weighted by Crippen LogP contribution is -2.33. The molecule has 0 aromatic heterocycles. The number of halogens is 3. The summed E-state index contributed by atoms with van der Waals surface area (Å²) >= 11 is 11.2. The molecular formula is C10H13Cl2FN2. The molecule has 1 aromatic carbocycles. The zero-order valence-corrected chi connectivity index (χ0v) is 9.73. The van der Waals surface area contributed by atoms with Crippen molar-refractivity contribution in [3.05, 3.63) is 30.1 Å². The number of alkyl halides is 2. The molecule has 1 aromatic rings. The molecule has 0 aliphatic rings. The summed E-state index contributed by atoms with van der Waals surface area (Å²) in [7, 11) is 0. The van der Waals surface area contributed by atoms with Crippen molar-refractivity contribution < 1.29 is 4.39 Å². The van der Waals surface area contributed by atoms with Crippen LogP contribution in [0.4, 0.5) is 10.1 Å². The topological polar surface area (TPSA) is 15.3 Å². The van der Waals surface area contributed by atoms with Crippen molar-refractivity contribution in [2.24, 2.45) is 0 Å². The number of rotatable bonds is 6. The van der Waals surface area contributed by atoms with Crippen molar-refractivity contribution in [3.63, 3.8) is 0 Å². The summed E-state index contributed by atoms with van der Waals surface area (Å²) < 4.78 is 13.3. The van der Waals surface area contributed by atoms with Crippen molar-refractivity contribution in [2.45, 2.75) is 0 Å². The number of hydrazine groups is 1. The fraction of sp³-hybridized carbons (Fsp3) is 0.400. The molecule has 2 nitrogen and oxygen atoms in total. The van der Waals surface area contributed by atoms with E-state index in [0.717, 1.165) is 0 Å². The highest BCUT2D eigenvalue weighted by Crippen LogP contribution is 2.13. The van der Waals surface area contributed by atoms with Crippen LogP contribution in [0.1, 0.15) is 0 Å². The highest BCUT2D eigenvalue weighted by atomic mass is 35.5. The molecule has 1 rings (SSSR count). The second kappa shape index (κ2) is 6.88. The van der Waals surface area contributed by atoms with Gasteiger partial charge in [0, 0.05) is 24.8 Å². The first-order valence-electron chi connectivity index (χ1n) is 4.66. The van der Waals surface area contributed by atoms with Crippen molar-refractivity contribution >= 4 is 28.9 Å². The van der Waals surface area contributed by atoms with Crippen molar-refractivity contribution in [1.29, 1.82) is 0 Å². The van der Waals surface area contributed by atoms with Gasteiger partial charge in [0.25, 0.3) is 0 Å². The van der Waals surface area contributed by atoms with Gasteiger partial charge in [0.15, 0.2) is 0 Å². The van der Waals surface area contributed by atoms with Crippen LogP contribution in [0, 0.1) is 5.82 Å². The molecule has 0 saturated carbocycles. The van der Waals surface area contributed by atoms with Crippen LogP contribution in [0.5, 0.6) is 0 Å². The van der Waals surface area contributed by atoms with E-state index in [1.807, 2.05) is 0 Å². The zero-order valence-electron chi connectivity index (χ0n) is 8.22. The third-order valence-corrected chi connectivity index (χ3v) is 2.20. The van der Waals surface area contributed by atoms with Crippen LogP contribution in [0.2, 0.25) is 0 Å². The minimum Gasteiger partial charge on any atom is -0.316 e. The molecule has 0 saturated heterocycles. The normalized spacial score (nSPS) is 10.7. The summed E-state index contributed by atoms with van der Waals surface area (Å²) in [6, 6.07) is 6.49. The highest BCUT2D eigenvalue weighted by Gasteiger charge is 2.06. The number of anilines is 1. The molecule has 0 fully saturated rings. The quantitative estimate of drug-likeness (QED) is 0.617. The number of nitrogens with one attached hydrogen (secondary N) is 1. The lowest BCUT2D eigenvalue weighted by atomic mass is 10.3. The van der Waals surface area contributed by atoms with E-state index in [-0.39, 0.29) is 5.82 Å². The first-order chi connectivity index (χ1) is 7.27. The summed E-state index contributed by atoms with van der Waals surface area (Å²) in [5.74, 6) is 0.656. The minimum atomic E-state index is -0.286. The van der Waals surface area contributed by atoms with Gasteiger partial charge < -0.3 is 5.43 Å². The van der Waals surface area contributed by atoms with E-state index >= 15 is 0 Å². The summed E-state index contributed by atoms with van der Waals surface area (Å²) in [4.78, 5) is 0. The SMILES string of the molecule is Fc1ccccc1NN(CCCl)CCCl. The zero-order chi connectivity index (χ0) is 11.1. The van der Waals surface area contributed by atoms with E-state index in [9.17, 15) is 4.39 Å². The maximum atomic E-state index is 13.3. The van der Waals surface area contributed by atoms with Gasteiger partial charge in [-0.2, -0.15) is 0 Å². The summed E-state index contributed by atoms with van der Waals surface area (Å²) in [5, 5.41) is 1.79. The summed E-state index contributed by atoms with van der Waals surface area (Å²) in [6.45, 7) is 1.23. The van der Waals surface area contributed by atoms with Gasteiger partial charge in [-0.15, -0.1) is 23.2 Å². The average Bonchev–Trinajstić information content (AvgIpc) is 2.22. The predicted molar refractivity (Wildman–Crippen MR) is 63.0 cm³/mol. The largest absolute Gasteiger partial charge is 0.316 e. The molecule has 15 heavy (non-hydrogen) atoms. The lowest BCUT2D eigenvalue weighted by molar-refractivity contribution is 0.368. The molecule has 0 heterocycles. The van der Waals surface area contributed by atoms with Gasteiger partial charge in [0.05, 0.1) is 5.69 Å². The maximum Gasteiger partial charge on any atom is 0.147 e. The Morgan fingerprint density at radius 2 is 1.73 bits per heavy atom. The van der Waals surface area contributed by atoms with Crippen LogP contribution >= 0.6 is 23.2 Å².